The molecular formula is C20H23BrN2O2. The average molecular weight is 403 g/mol. The average Bonchev–Trinajstić information content (AvgIpc) is 2.83. The predicted molar refractivity (Wildman–Crippen MR) is 101 cm³/mol. The van der Waals surface area contributed by atoms with E-state index in [-0.39, 0.29) is 11.3 Å². The zero-order valence-electron chi connectivity index (χ0n) is 14.5. The maximum atomic E-state index is 12.8. The lowest BCUT2D eigenvalue weighted by Gasteiger charge is -2.60. The molecule has 6 rings (SSSR count). The second kappa shape index (κ2) is 5.32. The summed E-state index contributed by atoms with van der Waals surface area (Å²) >= 11 is 4.03. The molecule has 2 aromatic rings. The van der Waals surface area contributed by atoms with Crippen molar-refractivity contribution >= 4 is 38.6 Å². The molecule has 132 valence electrons. The van der Waals surface area contributed by atoms with Crippen LogP contribution in [0.3, 0.4) is 0 Å². The minimum atomic E-state index is 0.137. The molecule has 4 aliphatic rings. The van der Waals surface area contributed by atoms with Gasteiger partial charge in [0.05, 0.1) is 0 Å². The number of nitrogens with zero attached hydrogens (tertiary/aromatic N) is 1. The van der Waals surface area contributed by atoms with Crippen LogP contribution in [0.2, 0.25) is 0 Å². The highest BCUT2D eigenvalue weighted by Gasteiger charge is 2.57. The van der Waals surface area contributed by atoms with Crippen LogP contribution in [0.15, 0.2) is 22.6 Å². The van der Waals surface area contributed by atoms with Crippen LogP contribution in [0.1, 0.15) is 50.8 Å². The van der Waals surface area contributed by atoms with Crippen molar-refractivity contribution in [3.05, 3.63) is 24.1 Å². The highest BCUT2D eigenvalue weighted by atomic mass is 79.9. The largest absolute Gasteiger partial charge is 0.441 e. The van der Waals surface area contributed by atoms with Crippen LogP contribution in [-0.2, 0) is 4.79 Å². The van der Waals surface area contributed by atoms with Gasteiger partial charge in [0.25, 0.3) is 0 Å². The molecule has 0 radical (unpaired) electrons. The topological polar surface area (TPSA) is 55.1 Å². The van der Waals surface area contributed by atoms with Crippen LogP contribution >= 0.6 is 15.9 Å². The first-order valence-electron chi connectivity index (χ1n) is 9.26. The number of amides is 1. The quantitative estimate of drug-likeness (QED) is 0.717. The summed E-state index contributed by atoms with van der Waals surface area (Å²) in [5.74, 6) is 2.40. The predicted octanol–water partition coefficient (Wildman–Crippen LogP) is 5.20. The van der Waals surface area contributed by atoms with Crippen molar-refractivity contribution in [2.75, 3.05) is 5.32 Å². The van der Waals surface area contributed by atoms with E-state index >= 15 is 0 Å². The van der Waals surface area contributed by atoms with Gasteiger partial charge in [0.15, 0.2) is 11.5 Å². The maximum absolute atomic E-state index is 12.8. The zero-order chi connectivity index (χ0) is 17.2. The van der Waals surface area contributed by atoms with Gasteiger partial charge >= 0.3 is 0 Å². The number of halogens is 1. The Morgan fingerprint density at radius 2 is 2.08 bits per heavy atom. The summed E-state index contributed by atoms with van der Waals surface area (Å²) < 4.78 is 5.80. The summed E-state index contributed by atoms with van der Waals surface area (Å²) in [6.07, 6.45) is 8.23. The molecular weight excluding hydrogens is 380 g/mol. The fourth-order valence-corrected chi connectivity index (χ4v) is 7.72. The third-order valence-corrected chi connectivity index (χ3v) is 7.35. The number of benzene rings is 1. The molecule has 4 aliphatic carbocycles. The van der Waals surface area contributed by atoms with Crippen LogP contribution < -0.4 is 5.32 Å². The highest BCUT2D eigenvalue weighted by molar-refractivity contribution is 9.10. The van der Waals surface area contributed by atoms with Gasteiger partial charge in [-0.15, -0.1) is 0 Å². The minimum absolute atomic E-state index is 0.137. The van der Waals surface area contributed by atoms with Gasteiger partial charge in [0.2, 0.25) is 5.91 Å². The Hall–Kier alpha value is -1.36. The molecule has 4 fully saturated rings. The van der Waals surface area contributed by atoms with Gasteiger partial charge in [-0.2, -0.15) is 0 Å². The fraction of sp³-hybridized carbons (Fsp3) is 0.600. The molecule has 1 aromatic carbocycles. The molecule has 25 heavy (non-hydrogen) atoms. The van der Waals surface area contributed by atoms with Crippen LogP contribution in [0, 0.1) is 24.2 Å². The number of oxazole rings is 1. The molecule has 1 amide bonds. The summed E-state index contributed by atoms with van der Waals surface area (Å²) in [7, 11) is 0. The Morgan fingerprint density at radius 3 is 2.80 bits per heavy atom. The number of nitrogens with one attached hydrogen (secondary N) is 1. The lowest BCUT2D eigenvalue weighted by atomic mass is 9.48. The van der Waals surface area contributed by atoms with Crippen molar-refractivity contribution in [2.45, 2.75) is 56.2 Å². The van der Waals surface area contributed by atoms with Gasteiger partial charge in [-0.05, 0) is 74.0 Å². The third kappa shape index (κ3) is 2.80. The van der Waals surface area contributed by atoms with E-state index in [0.29, 0.717) is 16.6 Å². The van der Waals surface area contributed by atoms with Gasteiger partial charge in [-0.25, -0.2) is 4.98 Å². The second-order valence-electron chi connectivity index (χ2n) is 8.75. The number of carbonyl (C=O) groups excluding carboxylic acids is 1. The first-order chi connectivity index (χ1) is 11.9. The first-order valence-corrected chi connectivity index (χ1v) is 10.1. The number of carbonyl (C=O) groups is 1. The molecule has 4 bridgehead atoms. The Balaban J connectivity index is 1.33. The smallest absolute Gasteiger partial charge is 0.224 e. The number of fused-ring (bicyclic) bond motifs is 1. The lowest BCUT2D eigenvalue weighted by molar-refractivity contribution is -0.123. The Labute approximate surface area is 155 Å². The molecule has 4 saturated carbocycles. The number of aryl methyl sites for hydroxylation is 1. The van der Waals surface area contributed by atoms with E-state index < -0.39 is 0 Å². The number of aromatic nitrogens is 1. The van der Waals surface area contributed by atoms with Crippen LogP contribution in [0.25, 0.3) is 11.1 Å². The molecule has 2 atom stereocenters. The van der Waals surface area contributed by atoms with Gasteiger partial charge in [-0.1, -0.05) is 15.9 Å². The number of hydrogen-bond acceptors (Lipinski definition) is 3. The Bertz CT molecular complexity index is 844. The van der Waals surface area contributed by atoms with Crippen molar-refractivity contribution in [1.82, 2.24) is 4.98 Å². The van der Waals surface area contributed by atoms with Gasteiger partial charge < -0.3 is 9.73 Å². The summed E-state index contributed by atoms with van der Waals surface area (Å²) in [5.41, 5.74) is 2.57. The third-order valence-electron chi connectivity index (χ3n) is 6.42. The molecule has 0 aliphatic heterocycles. The second-order valence-corrected chi connectivity index (χ2v) is 10.4. The number of alkyl halides is 1. The van der Waals surface area contributed by atoms with Crippen molar-refractivity contribution < 1.29 is 9.21 Å². The summed E-state index contributed by atoms with van der Waals surface area (Å²) in [4.78, 5) is 17.1. The van der Waals surface area contributed by atoms with E-state index in [9.17, 15) is 4.79 Å². The number of hydrogen-bond donors (Lipinski definition) is 1. The molecule has 5 heteroatoms. The van der Waals surface area contributed by atoms with Crippen molar-refractivity contribution in [1.29, 1.82) is 0 Å². The normalized spacial score (nSPS) is 36.1. The van der Waals surface area contributed by atoms with E-state index in [4.69, 9.17) is 4.42 Å². The summed E-state index contributed by atoms with van der Waals surface area (Å²) in [6.45, 7) is 1.83. The lowest BCUT2D eigenvalue weighted by Crippen LogP contribution is -2.53. The SMILES string of the molecule is Cc1nc2cc(NC(=O)CC34C[C@H]5C[C@@H](CC(Br)(C5)C3)C4)ccc2o1. The van der Waals surface area contributed by atoms with Gasteiger partial charge in [-0.3, -0.25) is 4.79 Å². The first kappa shape index (κ1) is 15.9. The van der Waals surface area contributed by atoms with E-state index in [1.807, 2.05) is 25.1 Å². The number of rotatable bonds is 3. The van der Waals surface area contributed by atoms with E-state index in [0.717, 1.165) is 35.0 Å². The van der Waals surface area contributed by atoms with Gasteiger partial charge in [0, 0.05) is 23.4 Å². The highest BCUT2D eigenvalue weighted by Crippen LogP contribution is 2.65. The standard InChI is InChI=1S/C20H23BrN2O2/c1-12-22-16-5-15(2-3-17(16)25-12)23-18(24)10-19-6-13-4-14(7-19)9-20(21,8-13)11-19/h2-3,5,13-14H,4,6-11H2,1H3,(H,23,24)/t13-,14-,19?,20?/m1/s1. The monoisotopic (exact) mass is 402 g/mol. The molecule has 0 saturated heterocycles. The molecule has 1 heterocycles. The molecule has 4 nitrogen and oxygen atoms in total. The minimum Gasteiger partial charge on any atom is -0.441 e. The van der Waals surface area contributed by atoms with Crippen molar-refractivity contribution in [3.8, 4) is 0 Å². The van der Waals surface area contributed by atoms with Crippen LogP contribution in [0.4, 0.5) is 5.69 Å². The van der Waals surface area contributed by atoms with Crippen molar-refractivity contribution in [3.63, 3.8) is 0 Å². The number of anilines is 1. The molecule has 0 spiro atoms. The van der Waals surface area contributed by atoms with Gasteiger partial charge in [0.1, 0.15) is 5.52 Å². The summed E-state index contributed by atoms with van der Waals surface area (Å²) in [6, 6.07) is 5.68. The molecule has 1 aromatic heterocycles. The van der Waals surface area contributed by atoms with E-state index in [1.54, 1.807) is 0 Å². The maximum Gasteiger partial charge on any atom is 0.224 e. The Kier molecular flexibility index (Phi) is 3.38. The summed E-state index contributed by atoms with van der Waals surface area (Å²) in [5, 5.41) is 3.09. The van der Waals surface area contributed by atoms with Crippen molar-refractivity contribution in [2.24, 2.45) is 17.3 Å². The van der Waals surface area contributed by atoms with E-state index in [2.05, 4.69) is 26.2 Å². The Morgan fingerprint density at radius 1 is 1.32 bits per heavy atom. The van der Waals surface area contributed by atoms with Crippen LogP contribution in [0.5, 0.6) is 0 Å². The molecule has 0 unspecified atom stereocenters. The zero-order valence-corrected chi connectivity index (χ0v) is 16.1. The van der Waals surface area contributed by atoms with E-state index in [1.165, 1.54) is 32.1 Å². The molecule has 1 N–H and O–H groups in total. The van der Waals surface area contributed by atoms with Crippen LogP contribution in [-0.4, -0.2) is 15.2 Å². The fourth-order valence-electron chi connectivity index (χ4n) is 6.21.